The number of carbonyl (C=O) groups is 1. The zero-order chi connectivity index (χ0) is 10.2. The highest BCUT2D eigenvalue weighted by molar-refractivity contribution is 5.67. The van der Waals surface area contributed by atoms with Crippen molar-refractivity contribution in [1.29, 1.82) is 0 Å². The van der Waals surface area contributed by atoms with Crippen molar-refractivity contribution >= 4 is 11.9 Å². The molecule has 0 fully saturated rings. The summed E-state index contributed by atoms with van der Waals surface area (Å²) >= 11 is 0. The summed E-state index contributed by atoms with van der Waals surface area (Å²) in [5.74, 6) is 0. The summed E-state index contributed by atoms with van der Waals surface area (Å²) in [7, 11) is 0. The highest BCUT2D eigenvalue weighted by atomic mass is 16.1. The first kappa shape index (κ1) is 8.87. The first-order valence-corrected chi connectivity index (χ1v) is 4.41. The minimum Gasteiger partial charge on any atom is -0.302 e. The Morgan fingerprint density at radius 3 is 2.93 bits per heavy atom. The fraction of sp³-hybridized carbons (Fsp3) is 0.300. The predicted octanol–water partition coefficient (Wildman–Crippen LogP) is 1.21. The van der Waals surface area contributed by atoms with Gasteiger partial charge >= 0.3 is 0 Å². The number of rotatable bonds is 2. The Labute approximate surface area is 81.6 Å². The van der Waals surface area contributed by atoms with E-state index in [1.807, 2.05) is 26.1 Å². The van der Waals surface area contributed by atoms with Gasteiger partial charge in [0.15, 0.2) is 5.65 Å². The predicted molar refractivity (Wildman–Crippen MR) is 52.1 cm³/mol. The van der Waals surface area contributed by atoms with Crippen LogP contribution in [0, 0.1) is 0 Å². The van der Waals surface area contributed by atoms with Crippen LogP contribution in [0.2, 0.25) is 0 Å². The fourth-order valence-corrected chi connectivity index (χ4v) is 1.21. The maximum Gasteiger partial charge on any atom is 0.155 e. The molecule has 2 rings (SSSR count). The van der Waals surface area contributed by atoms with Crippen molar-refractivity contribution in [2.24, 2.45) is 0 Å². The maximum atomic E-state index is 10.8. The second kappa shape index (κ2) is 2.90. The number of nitrogens with zero attached hydrogens (tertiary/aromatic N) is 3. The number of fused-ring (bicyclic) bond motifs is 1. The Balaban J connectivity index is 2.60. The van der Waals surface area contributed by atoms with E-state index >= 15 is 0 Å². The van der Waals surface area contributed by atoms with Gasteiger partial charge in [-0.15, -0.1) is 0 Å². The summed E-state index contributed by atoms with van der Waals surface area (Å²) in [5.41, 5.74) is 0.955. The van der Waals surface area contributed by atoms with Crippen LogP contribution >= 0.6 is 0 Å². The van der Waals surface area contributed by atoms with Gasteiger partial charge in [-0.2, -0.15) is 5.10 Å². The van der Waals surface area contributed by atoms with Crippen LogP contribution in [0.15, 0.2) is 24.5 Å². The van der Waals surface area contributed by atoms with Crippen LogP contribution in [-0.2, 0) is 10.2 Å². The van der Waals surface area contributed by atoms with E-state index in [0.29, 0.717) is 0 Å². The molecule has 14 heavy (non-hydrogen) atoms. The monoisotopic (exact) mass is 189 g/mol. The molecule has 0 aliphatic carbocycles. The molecule has 0 radical (unpaired) electrons. The summed E-state index contributed by atoms with van der Waals surface area (Å²) < 4.78 is 1.67. The third-order valence-corrected chi connectivity index (χ3v) is 2.19. The molecule has 2 aromatic rings. The maximum absolute atomic E-state index is 10.8. The lowest BCUT2D eigenvalue weighted by Crippen LogP contribution is -2.19. The van der Waals surface area contributed by atoms with Crippen LogP contribution in [0.1, 0.15) is 19.5 Å². The molecule has 0 N–H and O–H groups in total. The van der Waals surface area contributed by atoms with E-state index in [4.69, 9.17) is 0 Å². The molecule has 0 unspecified atom stereocenters. The van der Waals surface area contributed by atoms with Gasteiger partial charge in [0.25, 0.3) is 0 Å². The van der Waals surface area contributed by atoms with Gasteiger partial charge < -0.3 is 4.79 Å². The molecular formula is C10H11N3O. The van der Waals surface area contributed by atoms with Gasteiger partial charge in [0.05, 0.1) is 11.1 Å². The molecule has 0 bridgehead atoms. The van der Waals surface area contributed by atoms with Crippen LogP contribution in [-0.4, -0.2) is 20.9 Å². The second-order valence-corrected chi connectivity index (χ2v) is 3.79. The molecule has 72 valence electrons. The highest BCUT2D eigenvalue weighted by Crippen LogP contribution is 2.19. The van der Waals surface area contributed by atoms with Gasteiger partial charge in [-0.3, -0.25) is 0 Å². The topological polar surface area (TPSA) is 47.3 Å². The molecule has 0 aromatic carbocycles. The van der Waals surface area contributed by atoms with Gasteiger partial charge in [0.1, 0.15) is 6.29 Å². The van der Waals surface area contributed by atoms with Crippen LogP contribution in [0.25, 0.3) is 5.65 Å². The van der Waals surface area contributed by atoms with E-state index < -0.39 is 5.41 Å². The Hall–Kier alpha value is -1.71. The molecule has 0 amide bonds. The lowest BCUT2D eigenvalue weighted by Gasteiger charge is -2.11. The Morgan fingerprint density at radius 1 is 1.50 bits per heavy atom. The van der Waals surface area contributed by atoms with Crippen molar-refractivity contribution in [3.8, 4) is 0 Å². The lowest BCUT2D eigenvalue weighted by molar-refractivity contribution is -0.111. The van der Waals surface area contributed by atoms with Crippen molar-refractivity contribution in [3.05, 3.63) is 30.2 Å². The van der Waals surface area contributed by atoms with Crippen molar-refractivity contribution in [3.63, 3.8) is 0 Å². The summed E-state index contributed by atoms with van der Waals surface area (Å²) in [6.45, 7) is 3.67. The molecule has 2 heterocycles. The first-order chi connectivity index (χ1) is 6.63. The zero-order valence-corrected chi connectivity index (χ0v) is 8.14. The Bertz CT molecular complexity index is 440. The van der Waals surface area contributed by atoms with Crippen LogP contribution in [0.3, 0.4) is 0 Å². The van der Waals surface area contributed by atoms with E-state index in [0.717, 1.165) is 17.6 Å². The summed E-state index contributed by atoms with van der Waals surface area (Å²) in [4.78, 5) is 15.0. The van der Waals surface area contributed by atoms with Gasteiger partial charge in [0.2, 0.25) is 0 Å². The minimum atomic E-state index is -0.548. The summed E-state index contributed by atoms with van der Waals surface area (Å²) in [5, 5.41) is 4.28. The second-order valence-electron chi connectivity index (χ2n) is 3.79. The molecule has 2 aromatic heterocycles. The standard InChI is InChI=1S/C10H11N3O/c1-10(2,7-14)8-6-9-11-4-3-5-13(9)12-8/h3-7H,1-2H3. The molecule has 0 atom stereocenters. The molecule has 0 saturated carbocycles. The Kier molecular flexibility index (Phi) is 1.84. The molecule has 0 spiro atoms. The number of aldehydes is 1. The van der Waals surface area contributed by atoms with E-state index in [9.17, 15) is 4.79 Å². The van der Waals surface area contributed by atoms with Crippen molar-refractivity contribution in [2.45, 2.75) is 19.3 Å². The van der Waals surface area contributed by atoms with Crippen molar-refractivity contribution in [1.82, 2.24) is 14.6 Å². The first-order valence-electron chi connectivity index (χ1n) is 4.41. The number of hydrogen-bond acceptors (Lipinski definition) is 3. The normalized spacial score (nSPS) is 11.9. The largest absolute Gasteiger partial charge is 0.302 e. The van der Waals surface area contributed by atoms with E-state index in [2.05, 4.69) is 10.1 Å². The quantitative estimate of drug-likeness (QED) is 0.667. The van der Waals surface area contributed by atoms with E-state index in [1.165, 1.54) is 0 Å². The van der Waals surface area contributed by atoms with Gasteiger partial charge in [-0.05, 0) is 19.9 Å². The molecule has 0 saturated heterocycles. The lowest BCUT2D eigenvalue weighted by atomic mass is 9.92. The van der Waals surface area contributed by atoms with Crippen LogP contribution in [0.5, 0.6) is 0 Å². The van der Waals surface area contributed by atoms with Crippen LogP contribution in [0.4, 0.5) is 0 Å². The van der Waals surface area contributed by atoms with Gasteiger partial charge in [-0.1, -0.05) is 0 Å². The molecule has 0 aliphatic heterocycles. The van der Waals surface area contributed by atoms with E-state index in [1.54, 1.807) is 16.8 Å². The average Bonchev–Trinajstić information content (AvgIpc) is 2.61. The minimum absolute atomic E-state index is 0.548. The number of hydrogen-bond donors (Lipinski definition) is 0. The molecular weight excluding hydrogens is 178 g/mol. The van der Waals surface area contributed by atoms with Gasteiger partial charge in [-0.25, -0.2) is 9.50 Å². The SMILES string of the molecule is CC(C)(C=O)c1cc2ncccn2n1. The summed E-state index contributed by atoms with van der Waals surface area (Å²) in [6, 6.07) is 3.63. The molecule has 4 heteroatoms. The number of aromatic nitrogens is 3. The smallest absolute Gasteiger partial charge is 0.155 e. The summed E-state index contributed by atoms with van der Waals surface area (Å²) in [6.07, 6.45) is 4.41. The zero-order valence-electron chi connectivity index (χ0n) is 8.14. The highest BCUT2D eigenvalue weighted by Gasteiger charge is 2.23. The third kappa shape index (κ3) is 1.28. The van der Waals surface area contributed by atoms with Crippen molar-refractivity contribution < 1.29 is 4.79 Å². The van der Waals surface area contributed by atoms with E-state index in [-0.39, 0.29) is 0 Å². The third-order valence-electron chi connectivity index (χ3n) is 2.19. The van der Waals surface area contributed by atoms with Gasteiger partial charge in [0, 0.05) is 18.5 Å². The fourth-order valence-electron chi connectivity index (χ4n) is 1.21. The molecule has 4 nitrogen and oxygen atoms in total. The number of carbonyl (C=O) groups excluding carboxylic acids is 1. The average molecular weight is 189 g/mol. The molecule has 0 aliphatic rings. The Morgan fingerprint density at radius 2 is 2.29 bits per heavy atom. The van der Waals surface area contributed by atoms with Crippen LogP contribution < -0.4 is 0 Å². The van der Waals surface area contributed by atoms with Crippen molar-refractivity contribution in [2.75, 3.05) is 0 Å².